The van der Waals surface area contributed by atoms with Gasteiger partial charge in [-0.1, -0.05) is 49.7 Å². The minimum atomic E-state index is -0.191. The van der Waals surface area contributed by atoms with Crippen molar-refractivity contribution < 1.29 is 9.59 Å². The van der Waals surface area contributed by atoms with E-state index in [0.29, 0.717) is 17.7 Å². The highest BCUT2D eigenvalue weighted by molar-refractivity contribution is 7.98. The molecule has 2 aromatic carbocycles. The number of imide groups is 1. The maximum atomic E-state index is 12.5. The van der Waals surface area contributed by atoms with Gasteiger partial charge >= 0.3 is 0 Å². The molecule has 0 aliphatic carbocycles. The van der Waals surface area contributed by atoms with E-state index < -0.39 is 0 Å². The average Bonchev–Trinajstić information content (AvgIpc) is 2.85. The van der Waals surface area contributed by atoms with Crippen LogP contribution in [0.3, 0.4) is 0 Å². The van der Waals surface area contributed by atoms with E-state index in [1.54, 1.807) is 24.3 Å². The maximum absolute atomic E-state index is 12.5. The molecule has 3 nitrogen and oxygen atoms in total. The van der Waals surface area contributed by atoms with Crippen LogP contribution in [0.15, 0.2) is 48.5 Å². The van der Waals surface area contributed by atoms with Crippen molar-refractivity contribution in [1.82, 2.24) is 4.90 Å². The quantitative estimate of drug-likeness (QED) is 0.550. The zero-order valence-electron chi connectivity index (χ0n) is 13.8. The number of nitrogens with zero attached hydrogens (tertiary/aromatic N) is 1. The highest BCUT2D eigenvalue weighted by Crippen LogP contribution is 2.26. The van der Waals surface area contributed by atoms with E-state index >= 15 is 0 Å². The van der Waals surface area contributed by atoms with Gasteiger partial charge in [0, 0.05) is 5.75 Å². The molecular weight excluding hydrogens is 318 g/mol. The molecule has 1 heterocycles. The third kappa shape index (κ3) is 3.39. The average molecular weight is 339 g/mol. The van der Waals surface area contributed by atoms with Crippen molar-refractivity contribution in [1.29, 1.82) is 0 Å². The Hall–Kier alpha value is -2.07. The smallest absolute Gasteiger partial charge is 0.261 e. The number of carbonyl (C=O) groups excluding carboxylic acids is 2. The Morgan fingerprint density at radius 1 is 0.875 bits per heavy atom. The molecule has 1 aliphatic rings. The molecule has 0 saturated carbocycles. The normalized spacial score (nSPS) is 13.5. The van der Waals surface area contributed by atoms with Crippen molar-refractivity contribution in [3.05, 3.63) is 70.8 Å². The lowest BCUT2D eigenvalue weighted by Crippen LogP contribution is -2.29. The lowest BCUT2D eigenvalue weighted by molar-refractivity contribution is 0.0642. The monoisotopic (exact) mass is 339 g/mol. The van der Waals surface area contributed by atoms with Gasteiger partial charge in [0.15, 0.2) is 0 Å². The molecule has 0 aromatic heterocycles. The second kappa shape index (κ2) is 7.67. The topological polar surface area (TPSA) is 37.4 Å². The summed E-state index contributed by atoms with van der Waals surface area (Å²) in [6.07, 6.45) is 2.41. The standard InChI is InChI=1S/C20H21NO2S/c1-2-3-12-24-14-16-9-5-4-8-15(16)13-21-19(22)17-10-6-7-11-18(17)20(21)23/h4-11H,2-3,12-14H2,1H3. The summed E-state index contributed by atoms with van der Waals surface area (Å²) < 4.78 is 0. The van der Waals surface area contributed by atoms with Gasteiger partial charge in [-0.05, 0) is 35.4 Å². The Kier molecular flexibility index (Phi) is 5.36. The summed E-state index contributed by atoms with van der Waals surface area (Å²) >= 11 is 1.90. The molecule has 1 aliphatic heterocycles. The molecule has 4 heteroatoms. The van der Waals surface area contributed by atoms with Crippen LogP contribution in [0.25, 0.3) is 0 Å². The van der Waals surface area contributed by atoms with Crippen molar-refractivity contribution in [3.8, 4) is 0 Å². The molecule has 0 radical (unpaired) electrons. The first-order valence-electron chi connectivity index (χ1n) is 8.32. The van der Waals surface area contributed by atoms with Crippen LogP contribution in [-0.2, 0) is 12.3 Å². The van der Waals surface area contributed by atoms with Crippen LogP contribution >= 0.6 is 11.8 Å². The number of hydrogen-bond donors (Lipinski definition) is 0. The number of thioether (sulfide) groups is 1. The van der Waals surface area contributed by atoms with Crippen molar-refractivity contribution in [2.24, 2.45) is 0 Å². The molecule has 0 N–H and O–H groups in total. The minimum absolute atomic E-state index is 0.191. The molecule has 124 valence electrons. The molecular formula is C20H21NO2S. The molecule has 3 rings (SSSR count). The van der Waals surface area contributed by atoms with Gasteiger partial charge in [-0.2, -0.15) is 11.8 Å². The van der Waals surface area contributed by atoms with Crippen LogP contribution in [0.1, 0.15) is 51.6 Å². The van der Waals surface area contributed by atoms with Crippen molar-refractivity contribution in [3.63, 3.8) is 0 Å². The van der Waals surface area contributed by atoms with Crippen LogP contribution < -0.4 is 0 Å². The molecule has 2 amide bonds. The highest BCUT2D eigenvalue weighted by Gasteiger charge is 2.35. The Labute approximate surface area is 147 Å². The summed E-state index contributed by atoms with van der Waals surface area (Å²) in [5, 5.41) is 0. The zero-order valence-corrected chi connectivity index (χ0v) is 14.6. The van der Waals surface area contributed by atoms with Gasteiger partial charge in [0.2, 0.25) is 0 Å². The molecule has 0 bridgehead atoms. The van der Waals surface area contributed by atoms with Gasteiger partial charge in [-0.15, -0.1) is 0 Å². The number of unbranched alkanes of at least 4 members (excludes halogenated alkanes) is 1. The molecule has 0 atom stereocenters. The van der Waals surface area contributed by atoms with Crippen LogP contribution in [0.4, 0.5) is 0 Å². The van der Waals surface area contributed by atoms with E-state index in [9.17, 15) is 9.59 Å². The molecule has 24 heavy (non-hydrogen) atoms. The largest absolute Gasteiger partial charge is 0.270 e. The predicted molar refractivity (Wildman–Crippen MR) is 98.2 cm³/mol. The summed E-state index contributed by atoms with van der Waals surface area (Å²) in [4.78, 5) is 26.4. The number of hydrogen-bond acceptors (Lipinski definition) is 3. The Morgan fingerprint density at radius 2 is 1.46 bits per heavy atom. The van der Waals surface area contributed by atoms with Gasteiger partial charge in [0.1, 0.15) is 0 Å². The van der Waals surface area contributed by atoms with Crippen molar-refractivity contribution in [2.75, 3.05) is 5.75 Å². The van der Waals surface area contributed by atoms with E-state index in [1.807, 2.05) is 30.0 Å². The van der Waals surface area contributed by atoms with Gasteiger partial charge < -0.3 is 0 Å². The fourth-order valence-electron chi connectivity index (χ4n) is 2.83. The highest BCUT2D eigenvalue weighted by atomic mass is 32.2. The summed E-state index contributed by atoms with van der Waals surface area (Å²) in [7, 11) is 0. The van der Waals surface area contributed by atoms with Crippen LogP contribution in [-0.4, -0.2) is 22.5 Å². The first-order chi connectivity index (χ1) is 11.7. The number of amides is 2. The Bertz CT molecular complexity index is 722. The summed E-state index contributed by atoms with van der Waals surface area (Å²) in [5.74, 6) is 1.67. The third-order valence-electron chi connectivity index (χ3n) is 4.22. The predicted octanol–water partition coefficient (Wildman–Crippen LogP) is 4.52. The number of carbonyl (C=O) groups is 2. The lowest BCUT2D eigenvalue weighted by atomic mass is 10.1. The molecule has 0 fully saturated rings. The van der Waals surface area contributed by atoms with Crippen LogP contribution in [0.5, 0.6) is 0 Å². The summed E-state index contributed by atoms with van der Waals surface area (Å²) in [5.41, 5.74) is 3.28. The van der Waals surface area contributed by atoms with Gasteiger partial charge in [-0.3, -0.25) is 14.5 Å². The lowest BCUT2D eigenvalue weighted by Gasteiger charge is -2.16. The second-order valence-electron chi connectivity index (χ2n) is 5.92. The number of rotatable bonds is 7. The molecule has 2 aromatic rings. The Morgan fingerprint density at radius 3 is 2.08 bits per heavy atom. The van der Waals surface area contributed by atoms with Gasteiger partial charge in [-0.25, -0.2) is 0 Å². The van der Waals surface area contributed by atoms with E-state index in [4.69, 9.17) is 0 Å². The summed E-state index contributed by atoms with van der Waals surface area (Å²) in [6, 6.07) is 15.1. The van der Waals surface area contributed by atoms with E-state index in [1.165, 1.54) is 23.3 Å². The van der Waals surface area contributed by atoms with Gasteiger partial charge in [0.25, 0.3) is 11.8 Å². The first-order valence-corrected chi connectivity index (χ1v) is 9.47. The zero-order chi connectivity index (χ0) is 16.9. The van der Waals surface area contributed by atoms with Crippen LogP contribution in [0.2, 0.25) is 0 Å². The Balaban J connectivity index is 1.75. The van der Waals surface area contributed by atoms with E-state index in [0.717, 1.165) is 17.1 Å². The summed E-state index contributed by atoms with van der Waals surface area (Å²) in [6.45, 7) is 2.54. The minimum Gasteiger partial charge on any atom is -0.270 e. The van der Waals surface area contributed by atoms with E-state index in [-0.39, 0.29) is 11.8 Å². The molecule has 0 unspecified atom stereocenters. The van der Waals surface area contributed by atoms with Crippen molar-refractivity contribution >= 4 is 23.6 Å². The number of fused-ring (bicyclic) bond motifs is 1. The SMILES string of the molecule is CCCCSCc1ccccc1CN1C(=O)c2ccccc2C1=O. The fraction of sp³-hybridized carbons (Fsp3) is 0.300. The van der Waals surface area contributed by atoms with Crippen molar-refractivity contribution in [2.45, 2.75) is 32.1 Å². The van der Waals surface area contributed by atoms with Gasteiger partial charge in [0.05, 0.1) is 17.7 Å². The molecule has 0 spiro atoms. The van der Waals surface area contributed by atoms with E-state index in [2.05, 4.69) is 13.0 Å². The van der Waals surface area contributed by atoms with Crippen LogP contribution in [0, 0.1) is 0 Å². The maximum Gasteiger partial charge on any atom is 0.261 e. The third-order valence-corrected chi connectivity index (χ3v) is 5.32. The fourth-order valence-corrected chi connectivity index (χ4v) is 3.97. The second-order valence-corrected chi connectivity index (χ2v) is 7.02. The first kappa shape index (κ1) is 16.8. The molecule has 0 saturated heterocycles. The number of benzene rings is 2.